The van der Waals surface area contributed by atoms with Gasteiger partial charge in [-0.25, -0.2) is 0 Å². The molecule has 0 unspecified atom stereocenters. The molecule has 0 aromatic heterocycles. The highest BCUT2D eigenvalue weighted by molar-refractivity contribution is 9.10. The molecule has 1 aromatic carbocycles. The molecular weight excluding hydrogens is 302 g/mol. The van der Waals surface area contributed by atoms with Crippen molar-refractivity contribution >= 4 is 21.8 Å². The zero-order valence-corrected chi connectivity index (χ0v) is 13.6. The van der Waals surface area contributed by atoms with Gasteiger partial charge in [-0.15, -0.1) is 0 Å². The number of halogens is 1. The second-order valence-corrected chi connectivity index (χ2v) is 5.75. The van der Waals surface area contributed by atoms with Gasteiger partial charge in [0.05, 0.1) is 5.56 Å². The van der Waals surface area contributed by atoms with Gasteiger partial charge in [-0.05, 0) is 40.9 Å². The molecule has 2 nitrogen and oxygen atoms in total. The van der Waals surface area contributed by atoms with Gasteiger partial charge in [0.2, 0.25) is 0 Å². The molecule has 106 valence electrons. The van der Waals surface area contributed by atoms with Crippen molar-refractivity contribution in [1.29, 1.82) is 0 Å². The fourth-order valence-electron chi connectivity index (χ4n) is 2.03. The summed E-state index contributed by atoms with van der Waals surface area (Å²) >= 11 is 3.47. The average molecular weight is 326 g/mol. The van der Waals surface area contributed by atoms with Crippen LogP contribution in [0.2, 0.25) is 0 Å². The molecule has 1 aromatic rings. The Morgan fingerprint density at radius 2 is 1.84 bits per heavy atom. The van der Waals surface area contributed by atoms with E-state index in [4.69, 9.17) is 0 Å². The van der Waals surface area contributed by atoms with E-state index in [0.717, 1.165) is 28.6 Å². The number of unbranched alkanes of at least 4 members (excludes halogenated alkanes) is 5. The highest BCUT2D eigenvalue weighted by Gasteiger charge is 2.10. The molecule has 1 N–H and O–H groups in total. The molecule has 0 spiro atoms. The molecule has 0 fully saturated rings. The van der Waals surface area contributed by atoms with Crippen LogP contribution in [0.25, 0.3) is 0 Å². The van der Waals surface area contributed by atoms with Crippen LogP contribution in [0.5, 0.6) is 0 Å². The topological polar surface area (TPSA) is 29.1 Å². The van der Waals surface area contributed by atoms with Crippen molar-refractivity contribution in [3.05, 3.63) is 33.8 Å². The number of hydrogen-bond donors (Lipinski definition) is 1. The van der Waals surface area contributed by atoms with Crippen LogP contribution in [-0.4, -0.2) is 12.5 Å². The molecule has 0 aliphatic heterocycles. The molecule has 0 bridgehead atoms. The van der Waals surface area contributed by atoms with E-state index in [1.54, 1.807) is 0 Å². The lowest BCUT2D eigenvalue weighted by molar-refractivity contribution is 0.0952. The second kappa shape index (κ2) is 9.13. The Bertz CT molecular complexity index is 404. The lowest BCUT2D eigenvalue weighted by Crippen LogP contribution is -2.24. The van der Waals surface area contributed by atoms with Crippen LogP contribution in [0.15, 0.2) is 22.7 Å². The minimum absolute atomic E-state index is 0.0177. The van der Waals surface area contributed by atoms with Gasteiger partial charge < -0.3 is 5.32 Å². The standard InChI is InChI=1S/C16H24BrNO/c1-3-4-5-6-7-8-12-18-16(19)14-11-9-10-13(2)15(14)17/h9-11H,3-8,12H2,1-2H3,(H,18,19). The van der Waals surface area contributed by atoms with Gasteiger partial charge >= 0.3 is 0 Å². The highest BCUT2D eigenvalue weighted by Crippen LogP contribution is 2.20. The molecule has 0 atom stereocenters. The summed E-state index contributed by atoms with van der Waals surface area (Å²) in [7, 11) is 0. The van der Waals surface area contributed by atoms with E-state index in [0.29, 0.717) is 0 Å². The van der Waals surface area contributed by atoms with Crippen molar-refractivity contribution in [2.45, 2.75) is 52.4 Å². The lowest BCUT2D eigenvalue weighted by atomic mass is 10.1. The Morgan fingerprint density at radius 3 is 2.58 bits per heavy atom. The van der Waals surface area contributed by atoms with Crippen molar-refractivity contribution in [3.63, 3.8) is 0 Å². The third kappa shape index (κ3) is 5.77. The zero-order valence-electron chi connectivity index (χ0n) is 12.0. The van der Waals surface area contributed by atoms with Crippen LogP contribution in [0, 0.1) is 6.92 Å². The van der Waals surface area contributed by atoms with Crippen LogP contribution in [0.3, 0.4) is 0 Å². The molecule has 3 heteroatoms. The Hall–Kier alpha value is -0.830. The van der Waals surface area contributed by atoms with E-state index >= 15 is 0 Å². The monoisotopic (exact) mass is 325 g/mol. The van der Waals surface area contributed by atoms with Crippen LogP contribution < -0.4 is 5.32 Å². The molecule has 0 heterocycles. The van der Waals surface area contributed by atoms with Crippen molar-refractivity contribution in [2.75, 3.05) is 6.54 Å². The Labute approximate surface area is 125 Å². The number of carbonyl (C=O) groups is 1. The summed E-state index contributed by atoms with van der Waals surface area (Å²) in [5.74, 6) is 0.0177. The molecule has 1 amide bonds. The fraction of sp³-hybridized carbons (Fsp3) is 0.562. The smallest absolute Gasteiger partial charge is 0.252 e. The van der Waals surface area contributed by atoms with Crippen molar-refractivity contribution in [3.8, 4) is 0 Å². The summed E-state index contributed by atoms with van der Waals surface area (Å²) in [6.45, 7) is 4.99. The van der Waals surface area contributed by atoms with Crippen LogP contribution in [0.1, 0.15) is 61.4 Å². The predicted octanol–water partition coefficient (Wildman–Crippen LogP) is 4.85. The van der Waals surface area contributed by atoms with E-state index in [1.807, 2.05) is 25.1 Å². The van der Waals surface area contributed by atoms with Crippen LogP contribution in [0.4, 0.5) is 0 Å². The maximum absolute atomic E-state index is 12.0. The molecule has 0 aliphatic rings. The first-order valence-electron chi connectivity index (χ1n) is 7.20. The molecule has 0 radical (unpaired) electrons. The molecule has 1 rings (SSSR count). The van der Waals surface area contributed by atoms with E-state index in [-0.39, 0.29) is 5.91 Å². The van der Waals surface area contributed by atoms with Crippen LogP contribution in [-0.2, 0) is 0 Å². The van der Waals surface area contributed by atoms with Gasteiger partial charge in [0.25, 0.3) is 5.91 Å². The van der Waals surface area contributed by atoms with Gasteiger partial charge in [-0.1, -0.05) is 51.2 Å². The summed E-state index contributed by atoms with van der Waals surface area (Å²) in [6.07, 6.45) is 7.46. The average Bonchev–Trinajstić information content (AvgIpc) is 2.40. The summed E-state index contributed by atoms with van der Waals surface area (Å²) in [6, 6.07) is 5.77. The van der Waals surface area contributed by atoms with Gasteiger partial charge in [0.15, 0.2) is 0 Å². The Balaban J connectivity index is 2.26. The summed E-state index contributed by atoms with van der Waals surface area (Å²) in [4.78, 5) is 12.0. The quantitative estimate of drug-likeness (QED) is 0.680. The van der Waals surface area contributed by atoms with Crippen LogP contribution >= 0.6 is 15.9 Å². The molecule has 19 heavy (non-hydrogen) atoms. The second-order valence-electron chi connectivity index (χ2n) is 4.96. The lowest BCUT2D eigenvalue weighted by Gasteiger charge is -2.08. The summed E-state index contributed by atoms with van der Waals surface area (Å²) < 4.78 is 0.899. The highest BCUT2D eigenvalue weighted by atomic mass is 79.9. The number of rotatable bonds is 8. The Kier molecular flexibility index (Phi) is 7.80. The first kappa shape index (κ1) is 16.2. The normalized spacial score (nSPS) is 10.5. The third-order valence-corrected chi connectivity index (χ3v) is 4.30. The first-order chi connectivity index (χ1) is 9.16. The van der Waals surface area contributed by atoms with Crippen molar-refractivity contribution in [2.24, 2.45) is 0 Å². The maximum atomic E-state index is 12.0. The van der Waals surface area contributed by atoms with E-state index < -0.39 is 0 Å². The molecule has 0 aliphatic carbocycles. The summed E-state index contributed by atoms with van der Waals surface area (Å²) in [5.41, 5.74) is 1.82. The first-order valence-corrected chi connectivity index (χ1v) is 7.99. The largest absolute Gasteiger partial charge is 0.352 e. The van der Waals surface area contributed by atoms with Crippen molar-refractivity contribution < 1.29 is 4.79 Å². The van der Waals surface area contributed by atoms with E-state index in [9.17, 15) is 4.79 Å². The van der Waals surface area contributed by atoms with Gasteiger partial charge in [0.1, 0.15) is 0 Å². The van der Waals surface area contributed by atoms with Gasteiger partial charge in [-0.3, -0.25) is 4.79 Å². The van der Waals surface area contributed by atoms with Gasteiger partial charge in [0, 0.05) is 11.0 Å². The van der Waals surface area contributed by atoms with Crippen molar-refractivity contribution in [1.82, 2.24) is 5.32 Å². The fourth-order valence-corrected chi connectivity index (χ4v) is 2.47. The maximum Gasteiger partial charge on any atom is 0.252 e. The summed E-state index contributed by atoms with van der Waals surface area (Å²) in [5, 5.41) is 2.99. The Morgan fingerprint density at radius 1 is 1.16 bits per heavy atom. The number of hydrogen-bond acceptors (Lipinski definition) is 1. The minimum Gasteiger partial charge on any atom is -0.352 e. The predicted molar refractivity (Wildman–Crippen MR) is 84.6 cm³/mol. The third-order valence-electron chi connectivity index (χ3n) is 3.25. The molecule has 0 saturated heterocycles. The number of benzene rings is 1. The number of aryl methyl sites for hydroxylation is 1. The zero-order chi connectivity index (χ0) is 14.1. The molecular formula is C16H24BrNO. The van der Waals surface area contributed by atoms with E-state index in [2.05, 4.69) is 28.2 Å². The number of carbonyl (C=O) groups excluding carboxylic acids is 1. The molecule has 0 saturated carbocycles. The number of nitrogens with one attached hydrogen (secondary N) is 1. The minimum atomic E-state index is 0.0177. The van der Waals surface area contributed by atoms with E-state index in [1.165, 1.54) is 32.1 Å². The SMILES string of the molecule is CCCCCCCCNC(=O)c1cccc(C)c1Br. The van der Waals surface area contributed by atoms with Gasteiger partial charge in [-0.2, -0.15) is 0 Å². The number of amides is 1.